The van der Waals surface area contributed by atoms with E-state index >= 15 is 0 Å². The van der Waals surface area contributed by atoms with Gasteiger partial charge in [0.05, 0.1) is 5.56 Å². The van der Waals surface area contributed by atoms with Crippen molar-refractivity contribution in [2.24, 2.45) is 0 Å². The number of carbonyl (C=O) groups excluding carboxylic acids is 2. The normalized spacial score (nSPS) is 16.4. The lowest BCUT2D eigenvalue weighted by Crippen LogP contribution is -2.54. The lowest BCUT2D eigenvalue weighted by molar-refractivity contribution is 0.0633. The first kappa shape index (κ1) is 19.1. The molecule has 1 N–H and O–H groups in total. The van der Waals surface area contributed by atoms with Gasteiger partial charge in [-0.05, 0) is 18.1 Å². The number of ketones is 1. The zero-order valence-electron chi connectivity index (χ0n) is 16.3. The molecule has 4 rings (SSSR count). The number of hydrogen-bond acceptors (Lipinski definition) is 3. The van der Waals surface area contributed by atoms with Crippen LogP contribution in [0.15, 0.2) is 84.9 Å². The molecular weight excluding hydrogens is 360 g/mol. The zero-order chi connectivity index (χ0) is 20.1. The number of piperazine rings is 1. The molecular formula is C25H24N2O2. The van der Waals surface area contributed by atoms with Crippen LogP contribution in [-0.4, -0.2) is 42.3 Å². The molecule has 1 atom stereocenters. The maximum Gasteiger partial charge on any atom is 0.254 e. The van der Waals surface area contributed by atoms with Gasteiger partial charge in [0.2, 0.25) is 0 Å². The largest absolute Gasteiger partial charge is 0.333 e. The minimum atomic E-state index is -0.121. The van der Waals surface area contributed by atoms with Crippen LogP contribution in [0.1, 0.15) is 31.8 Å². The SMILES string of the molecule is O=C(c1ccccc1)c1ccccc1C(=O)N1CCNC[C@H]1Cc1ccccc1. The molecule has 1 aliphatic rings. The van der Waals surface area contributed by atoms with Gasteiger partial charge in [-0.2, -0.15) is 0 Å². The second-order valence-corrected chi connectivity index (χ2v) is 7.29. The fourth-order valence-electron chi connectivity index (χ4n) is 3.86. The number of amides is 1. The highest BCUT2D eigenvalue weighted by Gasteiger charge is 2.29. The molecule has 3 aromatic carbocycles. The first-order valence-electron chi connectivity index (χ1n) is 9.98. The quantitative estimate of drug-likeness (QED) is 0.684. The van der Waals surface area contributed by atoms with E-state index in [1.165, 1.54) is 5.56 Å². The summed E-state index contributed by atoms with van der Waals surface area (Å²) in [7, 11) is 0. The van der Waals surface area contributed by atoms with Crippen LogP contribution in [0, 0.1) is 0 Å². The van der Waals surface area contributed by atoms with Gasteiger partial charge in [0.1, 0.15) is 0 Å². The molecule has 0 aromatic heterocycles. The van der Waals surface area contributed by atoms with E-state index in [9.17, 15) is 9.59 Å². The Kier molecular flexibility index (Phi) is 5.82. The molecule has 1 amide bonds. The number of nitrogens with zero attached hydrogens (tertiary/aromatic N) is 1. The van der Waals surface area contributed by atoms with Gasteiger partial charge in [-0.1, -0.05) is 78.9 Å². The average Bonchev–Trinajstić information content (AvgIpc) is 2.80. The lowest BCUT2D eigenvalue weighted by Gasteiger charge is -2.36. The number of carbonyl (C=O) groups is 2. The fourth-order valence-corrected chi connectivity index (χ4v) is 3.86. The van der Waals surface area contributed by atoms with E-state index in [1.54, 1.807) is 24.3 Å². The van der Waals surface area contributed by atoms with Gasteiger partial charge in [0.15, 0.2) is 5.78 Å². The van der Waals surface area contributed by atoms with E-state index in [1.807, 2.05) is 53.4 Å². The minimum Gasteiger partial charge on any atom is -0.333 e. The van der Waals surface area contributed by atoms with Crippen LogP contribution in [-0.2, 0) is 6.42 Å². The van der Waals surface area contributed by atoms with Crippen LogP contribution in [0.3, 0.4) is 0 Å². The minimum absolute atomic E-state index is 0.0542. The molecule has 0 saturated carbocycles. The molecule has 0 bridgehead atoms. The highest BCUT2D eigenvalue weighted by Crippen LogP contribution is 2.20. The fraction of sp³-hybridized carbons (Fsp3) is 0.200. The van der Waals surface area contributed by atoms with Crippen LogP contribution in [0.5, 0.6) is 0 Å². The Morgan fingerprint density at radius 3 is 2.17 bits per heavy atom. The topological polar surface area (TPSA) is 49.4 Å². The maximum absolute atomic E-state index is 13.5. The molecule has 4 nitrogen and oxygen atoms in total. The first-order valence-corrected chi connectivity index (χ1v) is 9.98. The van der Waals surface area contributed by atoms with Crippen molar-refractivity contribution >= 4 is 11.7 Å². The Labute approximate surface area is 171 Å². The first-order chi connectivity index (χ1) is 14.2. The highest BCUT2D eigenvalue weighted by atomic mass is 16.2. The highest BCUT2D eigenvalue weighted by molar-refractivity contribution is 6.15. The summed E-state index contributed by atoms with van der Waals surface area (Å²) in [5.74, 6) is -0.198. The molecule has 3 aromatic rings. The second kappa shape index (κ2) is 8.84. The molecule has 0 radical (unpaired) electrons. The Morgan fingerprint density at radius 2 is 1.45 bits per heavy atom. The van der Waals surface area contributed by atoms with Crippen molar-refractivity contribution in [3.8, 4) is 0 Å². The van der Waals surface area contributed by atoms with E-state index in [4.69, 9.17) is 0 Å². The molecule has 0 spiro atoms. The number of rotatable bonds is 5. The second-order valence-electron chi connectivity index (χ2n) is 7.29. The molecule has 1 saturated heterocycles. The third-order valence-corrected chi connectivity index (χ3v) is 5.36. The van der Waals surface area contributed by atoms with Crippen molar-refractivity contribution in [1.82, 2.24) is 10.2 Å². The van der Waals surface area contributed by atoms with Gasteiger partial charge < -0.3 is 10.2 Å². The monoisotopic (exact) mass is 384 g/mol. The van der Waals surface area contributed by atoms with Gasteiger partial charge in [-0.15, -0.1) is 0 Å². The van der Waals surface area contributed by atoms with E-state index in [0.717, 1.165) is 19.5 Å². The smallest absolute Gasteiger partial charge is 0.254 e. The Balaban J connectivity index is 1.62. The summed E-state index contributed by atoms with van der Waals surface area (Å²) in [6.07, 6.45) is 0.786. The Bertz CT molecular complexity index is 986. The Hall–Kier alpha value is -3.24. The molecule has 0 aliphatic carbocycles. The zero-order valence-corrected chi connectivity index (χ0v) is 16.3. The summed E-state index contributed by atoms with van der Waals surface area (Å²) in [6, 6.07) is 26.5. The predicted molar refractivity (Wildman–Crippen MR) is 114 cm³/mol. The number of nitrogens with one attached hydrogen (secondary N) is 1. The number of benzene rings is 3. The van der Waals surface area contributed by atoms with E-state index in [-0.39, 0.29) is 17.7 Å². The third kappa shape index (κ3) is 4.28. The van der Waals surface area contributed by atoms with Crippen LogP contribution < -0.4 is 5.32 Å². The third-order valence-electron chi connectivity index (χ3n) is 5.36. The van der Waals surface area contributed by atoms with Crippen LogP contribution in [0.4, 0.5) is 0 Å². The summed E-state index contributed by atoms with van der Waals surface area (Å²) in [6.45, 7) is 2.13. The number of hydrogen-bond donors (Lipinski definition) is 1. The van der Waals surface area contributed by atoms with E-state index in [2.05, 4.69) is 17.4 Å². The molecule has 4 heteroatoms. The maximum atomic E-state index is 13.5. The summed E-state index contributed by atoms with van der Waals surface area (Å²) in [5.41, 5.74) is 2.73. The summed E-state index contributed by atoms with van der Waals surface area (Å²) >= 11 is 0. The van der Waals surface area contributed by atoms with Crippen molar-refractivity contribution in [3.05, 3.63) is 107 Å². The van der Waals surface area contributed by atoms with Gasteiger partial charge in [0.25, 0.3) is 5.91 Å². The van der Waals surface area contributed by atoms with Crippen LogP contribution >= 0.6 is 0 Å². The summed E-state index contributed by atoms with van der Waals surface area (Å²) in [5, 5.41) is 3.39. The molecule has 0 unspecified atom stereocenters. The van der Waals surface area contributed by atoms with Crippen molar-refractivity contribution < 1.29 is 9.59 Å². The molecule has 146 valence electrons. The van der Waals surface area contributed by atoms with Crippen LogP contribution in [0.2, 0.25) is 0 Å². The van der Waals surface area contributed by atoms with Crippen LogP contribution in [0.25, 0.3) is 0 Å². The van der Waals surface area contributed by atoms with Crippen molar-refractivity contribution in [3.63, 3.8) is 0 Å². The van der Waals surface area contributed by atoms with Crippen molar-refractivity contribution in [1.29, 1.82) is 0 Å². The van der Waals surface area contributed by atoms with E-state index in [0.29, 0.717) is 23.2 Å². The average molecular weight is 384 g/mol. The summed E-state index contributed by atoms with van der Waals surface area (Å²) in [4.78, 5) is 28.5. The predicted octanol–water partition coefficient (Wildman–Crippen LogP) is 3.57. The molecule has 29 heavy (non-hydrogen) atoms. The molecule has 1 fully saturated rings. The van der Waals surface area contributed by atoms with Gasteiger partial charge >= 0.3 is 0 Å². The van der Waals surface area contributed by atoms with Crippen molar-refractivity contribution in [2.45, 2.75) is 12.5 Å². The molecule has 1 heterocycles. The molecule has 1 aliphatic heterocycles. The van der Waals surface area contributed by atoms with Gasteiger partial charge in [-0.25, -0.2) is 0 Å². The summed E-state index contributed by atoms with van der Waals surface area (Å²) < 4.78 is 0. The van der Waals surface area contributed by atoms with Gasteiger partial charge in [-0.3, -0.25) is 9.59 Å². The standard InChI is InChI=1S/C25H24N2O2/c28-24(20-11-5-2-6-12-20)22-13-7-8-14-23(22)25(29)27-16-15-26-18-21(27)17-19-9-3-1-4-10-19/h1-14,21,26H,15-18H2/t21-/m1/s1. The van der Waals surface area contributed by atoms with Gasteiger partial charge in [0, 0.05) is 36.8 Å². The lowest BCUT2D eigenvalue weighted by atomic mass is 9.96. The van der Waals surface area contributed by atoms with E-state index < -0.39 is 0 Å². The Morgan fingerprint density at radius 1 is 0.828 bits per heavy atom. The van der Waals surface area contributed by atoms with Crippen molar-refractivity contribution in [2.75, 3.05) is 19.6 Å².